The summed E-state index contributed by atoms with van der Waals surface area (Å²) >= 11 is 0. The second kappa shape index (κ2) is 12.1. The van der Waals surface area contributed by atoms with E-state index in [4.69, 9.17) is 4.74 Å². The first kappa shape index (κ1) is 25.9. The van der Waals surface area contributed by atoms with Gasteiger partial charge in [-0.3, -0.25) is 0 Å². The van der Waals surface area contributed by atoms with E-state index in [1.807, 2.05) is 0 Å². The van der Waals surface area contributed by atoms with E-state index >= 15 is 0 Å². The van der Waals surface area contributed by atoms with Gasteiger partial charge in [0.25, 0.3) is 0 Å². The van der Waals surface area contributed by atoms with Crippen molar-refractivity contribution in [3.8, 4) is 0 Å². The third-order valence-corrected chi connectivity index (χ3v) is 7.08. The number of aryl methyl sites for hydroxylation is 1. The van der Waals surface area contributed by atoms with Gasteiger partial charge in [-0.2, -0.15) is 0 Å². The lowest BCUT2D eigenvalue weighted by molar-refractivity contribution is -0.0161. The van der Waals surface area contributed by atoms with Crippen molar-refractivity contribution in [1.82, 2.24) is 5.32 Å². The summed E-state index contributed by atoms with van der Waals surface area (Å²) in [6, 6.07) is 15.4. The summed E-state index contributed by atoms with van der Waals surface area (Å²) in [6.07, 6.45) is 7.24. The SMILES string of the molecule is CCCc1c(C)cccc1[C@@H](CCC)OCC(O)CNC(C)(C)CC1Cc2ccccc2C1. The first-order chi connectivity index (χ1) is 15.8. The lowest BCUT2D eigenvalue weighted by Crippen LogP contribution is -2.45. The highest BCUT2D eigenvalue weighted by molar-refractivity contribution is 5.36. The molecule has 0 heterocycles. The first-order valence-corrected chi connectivity index (χ1v) is 13.0. The molecule has 3 rings (SSSR count). The van der Waals surface area contributed by atoms with Gasteiger partial charge in [0.2, 0.25) is 0 Å². The van der Waals surface area contributed by atoms with Crippen LogP contribution in [0.3, 0.4) is 0 Å². The topological polar surface area (TPSA) is 41.5 Å². The van der Waals surface area contributed by atoms with Gasteiger partial charge in [-0.25, -0.2) is 0 Å². The third-order valence-electron chi connectivity index (χ3n) is 7.08. The average Bonchev–Trinajstić information content (AvgIpc) is 3.18. The van der Waals surface area contributed by atoms with E-state index in [1.165, 1.54) is 40.7 Å². The number of fused-ring (bicyclic) bond motifs is 1. The van der Waals surface area contributed by atoms with Crippen LogP contribution in [0.15, 0.2) is 42.5 Å². The molecule has 3 nitrogen and oxygen atoms in total. The minimum atomic E-state index is -0.510. The lowest BCUT2D eigenvalue weighted by Gasteiger charge is -2.31. The minimum Gasteiger partial charge on any atom is -0.389 e. The molecule has 1 aliphatic carbocycles. The Bertz CT molecular complexity index is 850. The van der Waals surface area contributed by atoms with Crippen molar-refractivity contribution in [2.75, 3.05) is 13.2 Å². The molecule has 0 amide bonds. The van der Waals surface area contributed by atoms with Crippen molar-refractivity contribution in [1.29, 1.82) is 0 Å². The fourth-order valence-electron chi connectivity index (χ4n) is 5.48. The molecular weight excluding hydrogens is 406 g/mol. The first-order valence-electron chi connectivity index (χ1n) is 13.0. The average molecular weight is 452 g/mol. The number of β-amino-alcohol motifs (C(OH)–C–C–N with tert-alkyl or cyclic N) is 1. The number of rotatable bonds is 13. The molecule has 182 valence electrons. The van der Waals surface area contributed by atoms with Crippen LogP contribution < -0.4 is 5.32 Å². The molecule has 0 saturated carbocycles. The fraction of sp³-hybridized carbons (Fsp3) is 0.600. The minimum absolute atomic E-state index is 0.0126. The molecule has 33 heavy (non-hydrogen) atoms. The van der Waals surface area contributed by atoms with Crippen molar-refractivity contribution in [3.63, 3.8) is 0 Å². The molecule has 0 bridgehead atoms. The van der Waals surface area contributed by atoms with Crippen LogP contribution in [0.4, 0.5) is 0 Å². The molecule has 1 aliphatic rings. The number of hydrogen-bond donors (Lipinski definition) is 2. The highest BCUT2D eigenvalue weighted by atomic mass is 16.5. The number of benzene rings is 2. The largest absolute Gasteiger partial charge is 0.389 e. The predicted molar refractivity (Wildman–Crippen MR) is 139 cm³/mol. The van der Waals surface area contributed by atoms with Gasteiger partial charge in [0, 0.05) is 12.1 Å². The molecule has 0 radical (unpaired) electrons. The standard InChI is InChI=1S/C30H45NO2/c1-6-11-27-22(3)13-10-16-28(27)29(12-7-2)33-21-26(32)20-31-30(4,5)19-23-17-24-14-8-9-15-25(24)18-23/h8-10,13-16,23,26,29,31-32H,6-7,11-12,17-21H2,1-5H3/t26?,29-/m1/s1. The van der Waals surface area contributed by atoms with Gasteiger partial charge in [0.1, 0.15) is 0 Å². The molecule has 0 saturated heterocycles. The third kappa shape index (κ3) is 7.40. The Morgan fingerprint density at radius 1 is 1.03 bits per heavy atom. The maximum atomic E-state index is 10.7. The van der Waals surface area contributed by atoms with Crippen LogP contribution in [0.1, 0.15) is 87.3 Å². The molecular formula is C30H45NO2. The van der Waals surface area contributed by atoms with Gasteiger partial charge in [-0.1, -0.05) is 69.2 Å². The molecule has 3 heteroatoms. The number of aliphatic hydroxyl groups is 1. The van der Waals surface area contributed by atoms with Gasteiger partial charge in [-0.15, -0.1) is 0 Å². The fourth-order valence-corrected chi connectivity index (χ4v) is 5.48. The quantitative estimate of drug-likeness (QED) is 0.373. The van der Waals surface area contributed by atoms with Gasteiger partial charge in [0.05, 0.1) is 18.8 Å². The molecule has 0 aromatic heterocycles. The van der Waals surface area contributed by atoms with Crippen LogP contribution in [0.25, 0.3) is 0 Å². The second-order valence-corrected chi connectivity index (χ2v) is 10.7. The van der Waals surface area contributed by atoms with Crippen LogP contribution in [0, 0.1) is 12.8 Å². The lowest BCUT2D eigenvalue weighted by atomic mass is 9.88. The number of nitrogens with one attached hydrogen (secondary N) is 1. The smallest absolute Gasteiger partial charge is 0.0898 e. The van der Waals surface area contributed by atoms with E-state index in [0.29, 0.717) is 19.1 Å². The van der Waals surface area contributed by atoms with Crippen molar-refractivity contribution >= 4 is 0 Å². The molecule has 2 aromatic carbocycles. The maximum Gasteiger partial charge on any atom is 0.0898 e. The Kier molecular flexibility index (Phi) is 9.55. The van der Waals surface area contributed by atoms with Crippen LogP contribution in [0.2, 0.25) is 0 Å². The second-order valence-electron chi connectivity index (χ2n) is 10.7. The number of ether oxygens (including phenoxy) is 1. The zero-order chi connectivity index (χ0) is 23.8. The van der Waals surface area contributed by atoms with Crippen LogP contribution in [-0.2, 0) is 24.0 Å². The molecule has 2 aromatic rings. The van der Waals surface area contributed by atoms with Gasteiger partial charge < -0.3 is 15.2 Å². The zero-order valence-corrected chi connectivity index (χ0v) is 21.5. The Balaban J connectivity index is 1.50. The Hall–Kier alpha value is -1.68. The summed E-state index contributed by atoms with van der Waals surface area (Å²) in [6.45, 7) is 12.1. The van der Waals surface area contributed by atoms with E-state index in [-0.39, 0.29) is 11.6 Å². The number of aliphatic hydroxyl groups excluding tert-OH is 1. The summed E-state index contributed by atoms with van der Waals surface area (Å²) in [7, 11) is 0. The monoisotopic (exact) mass is 451 g/mol. The molecule has 0 spiro atoms. The van der Waals surface area contributed by atoms with Crippen molar-refractivity contribution in [3.05, 3.63) is 70.3 Å². The Morgan fingerprint density at radius 3 is 2.36 bits per heavy atom. The predicted octanol–water partition coefficient (Wildman–Crippen LogP) is 6.34. The van der Waals surface area contributed by atoms with Crippen molar-refractivity contribution in [2.24, 2.45) is 5.92 Å². The van der Waals surface area contributed by atoms with Gasteiger partial charge in [-0.05, 0) is 86.6 Å². The van der Waals surface area contributed by atoms with Gasteiger partial charge in [0.15, 0.2) is 0 Å². The highest BCUT2D eigenvalue weighted by Crippen LogP contribution is 2.32. The van der Waals surface area contributed by atoms with Gasteiger partial charge >= 0.3 is 0 Å². The summed E-state index contributed by atoms with van der Waals surface area (Å²) < 4.78 is 6.32. The highest BCUT2D eigenvalue weighted by Gasteiger charge is 2.28. The molecule has 1 unspecified atom stereocenters. The van der Waals surface area contributed by atoms with E-state index in [2.05, 4.69) is 82.4 Å². The Morgan fingerprint density at radius 2 is 1.73 bits per heavy atom. The van der Waals surface area contributed by atoms with Crippen LogP contribution in [-0.4, -0.2) is 29.9 Å². The molecule has 2 atom stereocenters. The summed E-state index contributed by atoms with van der Waals surface area (Å²) in [5, 5.41) is 14.3. The zero-order valence-electron chi connectivity index (χ0n) is 21.5. The van der Waals surface area contributed by atoms with Crippen molar-refractivity contribution in [2.45, 2.75) is 97.3 Å². The summed E-state index contributed by atoms with van der Waals surface area (Å²) in [5.41, 5.74) is 7.07. The summed E-state index contributed by atoms with van der Waals surface area (Å²) in [5.74, 6) is 0.672. The Labute approximate surface area is 202 Å². The molecule has 2 N–H and O–H groups in total. The van der Waals surface area contributed by atoms with E-state index < -0.39 is 6.10 Å². The number of hydrogen-bond acceptors (Lipinski definition) is 3. The van der Waals surface area contributed by atoms with Crippen LogP contribution >= 0.6 is 0 Å². The molecule has 0 aliphatic heterocycles. The van der Waals surface area contributed by atoms with E-state index in [9.17, 15) is 5.11 Å². The van der Waals surface area contributed by atoms with E-state index in [1.54, 1.807) is 0 Å². The van der Waals surface area contributed by atoms with Crippen LogP contribution in [0.5, 0.6) is 0 Å². The van der Waals surface area contributed by atoms with E-state index in [0.717, 1.165) is 32.1 Å². The normalized spacial score (nSPS) is 16.1. The molecule has 0 fully saturated rings. The summed E-state index contributed by atoms with van der Waals surface area (Å²) in [4.78, 5) is 0. The maximum absolute atomic E-state index is 10.7. The van der Waals surface area contributed by atoms with Crippen molar-refractivity contribution < 1.29 is 9.84 Å².